The number of amides is 1. The zero-order valence-electron chi connectivity index (χ0n) is 20.3. The van der Waals surface area contributed by atoms with E-state index >= 15 is 0 Å². The lowest BCUT2D eigenvalue weighted by Crippen LogP contribution is -2.15. The fourth-order valence-electron chi connectivity index (χ4n) is 3.65. The first-order valence-corrected chi connectivity index (χ1v) is 12.2. The number of thiophene rings is 1. The van der Waals surface area contributed by atoms with Crippen molar-refractivity contribution in [3.05, 3.63) is 71.4 Å². The molecule has 0 saturated heterocycles. The summed E-state index contributed by atoms with van der Waals surface area (Å²) >= 11 is 1.54. The predicted molar refractivity (Wildman–Crippen MR) is 140 cm³/mol. The molecule has 0 saturated carbocycles. The highest BCUT2D eigenvalue weighted by Gasteiger charge is 2.20. The van der Waals surface area contributed by atoms with Gasteiger partial charge in [0.2, 0.25) is 0 Å². The first-order chi connectivity index (χ1) is 18.1. The lowest BCUT2D eigenvalue weighted by Gasteiger charge is -2.12. The fraction of sp³-hybridized carbons (Fsp3) is 0.154. The maximum absolute atomic E-state index is 13.0. The van der Waals surface area contributed by atoms with Gasteiger partial charge in [-0.2, -0.15) is 16.4 Å². The van der Waals surface area contributed by atoms with Crippen LogP contribution in [0.2, 0.25) is 0 Å². The number of carbonyl (C=O) groups is 1. The summed E-state index contributed by atoms with van der Waals surface area (Å²) in [5.41, 5.74) is 1.71. The highest BCUT2D eigenvalue weighted by molar-refractivity contribution is 7.08. The van der Waals surface area contributed by atoms with Gasteiger partial charge < -0.3 is 24.3 Å². The molecule has 0 spiro atoms. The Balaban J connectivity index is 1.34. The average molecular weight is 518 g/mol. The third-order valence-electron chi connectivity index (χ3n) is 5.38. The Morgan fingerprint density at radius 2 is 1.86 bits per heavy atom. The summed E-state index contributed by atoms with van der Waals surface area (Å²) in [6, 6.07) is 10.6. The molecule has 188 valence electrons. The van der Waals surface area contributed by atoms with Crippen molar-refractivity contribution in [2.75, 3.05) is 26.1 Å². The highest BCUT2D eigenvalue weighted by Crippen LogP contribution is 2.36. The first kappa shape index (κ1) is 24.1. The van der Waals surface area contributed by atoms with Crippen LogP contribution in [0.4, 0.5) is 5.82 Å². The van der Waals surface area contributed by atoms with E-state index in [2.05, 4.69) is 20.4 Å². The molecule has 0 fully saturated rings. The lowest BCUT2D eigenvalue weighted by atomic mass is 10.2. The van der Waals surface area contributed by atoms with E-state index < -0.39 is 5.91 Å². The van der Waals surface area contributed by atoms with E-state index in [1.807, 2.05) is 29.8 Å². The number of aromatic nitrogens is 4. The Kier molecular flexibility index (Phi) is 6.86. The molecule has 0 aliphatic rings. The van der Waals surface area contributed by atoms with Gasteiger partial charge in [-0.1, -0.05) is 0 Å². The standard InChI is InChI=1S/C26H23N5O5S/c1-4-35-23-14-31(16-8-10-37-15-16)30-25(23)26(32)29-24-6-5-17(13-28-24)36-20-7-9-27-19-12-22(34-3)21(33-2)11-18(19)20/h5-15H,4H2,1-3H3,(H,28,29,32). The topological polar surface area (TPSA) is 110 Å². The molecule has 4 aromatic heterocycles. The van der Waals surface area contributed by atoms with Crippen molar-refractivity contribution in [1.29, 1.82) is 0 Å². The van der Waals surface area contributed by atoms with Crippen LogP contribution < -0.4 is 24.3 Å². The Morgan fingerprint density at radius 1 is 1.03 bits per heavy atom. The van der Waals surface area contributed by atoms with E-state index in [1.54, 1.807) is 66.9 Å². The van der Waals surface area contributed by atoms with Crippen molar-refractivity contribution in [2.24, 2.45) is 0 Å². The van der Waals surface area contributed by atoms with Crippen LogP contribution in [0.15, 0.2) is 65.7 Å². The summed E-state index contributed by atoms with van der Waals surface area (Å²) < 4.78 is 24.1. The summed E-state index contributed by atoms with van der Waals surface area (Å²) in [5.74, 6) is 2.51. The fourth-order valence-corrected chi connectivity index (χ4v) is 4.27. The van der Waals surface area contributed by atoms with Crippen molar-refractivity contribution in [2.45, 2.75) is 6.92 Å². The number of hydrogen-bond acceptors (Lipinski definition) is 9. The summed E-state index contributed by atoms with van der Waals surface area (Å²) in [4.78, 5) is 21.7. The maximum atomic E-state index is 13.0. The van der Waals surface area contributed by atoms with E-state index in [1.165, 1.54) is 6.20 Å². The molecule has 0 aliphatic heterocycles. The van der Waals surface area contributed by atoms with E-state index in [0.717, 1.165) is 11.1 Å². The molecular weight excluding hydrogens is 494 g/mol. The number of pyridine rings is 2. The molecule has 0 unspecified atom stereocenters. The minimum atomic E-state index is -0.431. The van der Waals surface area contributed by atoms with Gasteiger partial charge in [-0.3, -0.25) is 9.78 Å². The number of fused-ring (bicyclic) bond motifs is 1. The van der Waals surface area contributed by atoms with Gasteiger partial charge in [0.05, 0.1) is 44.4 Å². The van der Waals surface area contributed by atoms with E-state index in [0.29, 0.717) is 46.7 Å². The van der Waals surface area contributed by atoms with Crippen LogP contribution in [0.1, 0.15) is 17.4 Å². The Morgan fingerprint density at radius 3 is 2.57 bits per heavy atom. The number of anilines is 1. The molecule has 4 heterocycles. The molecule has 0 atom stereocenters. The third-order valence-corrected chi connectivity index (χ3v) is 6.05. The van der Waals surface area contributed by atoms with Crippen molar-refractivity contribution in [3.8, 4) is 34.4 Å². The minimum Gasteiger partial charge on any atom is -0.493 e. The number of nitrogens with one attached hydrogen (secondary N) is 1. The Hall–Kier alpha value is -4.64. The largest absolute Gasteiger partial charge is 0.493 e. The number of benzene rings is 1. The normalized spacial score (nSPS) is 10.8. The van der Waals surface area contributed by atoms with Gasteiger partial charge in [0.1, 0.15) is 17.3 Å². The second kappa shape index (κ2) is 10.5. The number of methoxy groups -OCH3 is 2. The number of ether oxygens (including phenoxy) is 4. The van der Waals surface area contributed by atoms with Gasteiger partial charge in [0.25, 0.3) is 5.91 Å². The summed E-state index contributed by atoms with van der Waals surface area (Å²) in [7, 11) is 3.14. The molecule has 1 amide bonds. The van der Waals surface area contributed by atoms with Crippen molar-refractivity contribution >= 4 is 34.0 Å². The Bertz CT molecular complexity index is 1530. The van der Waals surface area contributed by atoms with Crippen LogP contribution >= 0.6 is 11.3 Å². The number of nitrogens with zero attached hydrogens (tertiary/aromatic N) is 4. The van der Waals surface area contributed by atoms with Gasteiger partial charge in [0.15, 0.2) is 22.9 Å². The van der Waals surface area contributed by atoms with Gasteiger partial charge in [0, 0.05) is 23.0 Å². The van der Waals surface area contributed by atoms with Gasteiger partial charge in [-0.15, -0.1) is 0 Å². The van der Waals surface area contributed by atoms with Crippen molar-refractivity contribution in [1.82, 2.24) is 19.7 Å². The molecule has 0 radical (unpaired) electrons. The van der Waals surface area contributed by atoms with Crippen molar-refractivity contribution < 1.29 is 23.7 Å². The second-order valence-electron chi connectivity index (χ2n) is 7.67. The second-order valence-corrected chi connectivity index (χ2v) is 8.45. The average Bonchev–Trinajstić information content (AvgIpc) is 3.60. The van der Waals surface area contributed by atoms with E-state index in [-0.39, 0.29) is 5.69 Å². The molecule has 0 bridgehead atoms. The van der Waals surface area contributed by atoms with Crippen LogP contribution in [0.5, 0.6) is 28.7 Å². The van der Waals surface area contributed by atoms with Crippen molar-refractivity contribution in [3.63, 3.8) is 0 Å². The molecule has 11 heteroatoms. The van der Waals surface area contributed by atoms with Crippen LogP contribution in [-0.2, 0) is 0 Å². The molecule has 1 aromatic carbocycles. The molecule has 5 aromatic rings. The van der Waals surface area contributed by atoms with Gasteiger partial charge in [-0.05, 0) is 42.6 Å². The molecule has 0 aliphatic carbocycles. The van der Waals surface area contributed by atoms with Crippen LogP contribution in [-0.4, -0.2) is 46.5 Å². The minimum absolute atomic E-state index is 0.169. The summed E-state index contributed by atoms with van der Waals surface area (Å²) in [6.07, 6.45) is 4.86. The highest BCUT2D eigenvalue weighted by atomic mass is 32.1. The number of rotatable bonds is 9. The van der Waals surface area contributed by atoms with Crippen LogP contribution in [0.25, 0.3) is 16.6 Å². The summed E-state index contributed by atoms with van der Waals surface area (Å²) in [6.45, 7) is 2.25. The first-order valence-electron chi connectivity index (χ1n) is 11.3. The summed E-state index contributed by atoms with van der Waals surface area (Å²) in [5, 5.41) is 11.8. The third kappa shape index (κ3) is 5.02. The molecule has 5 rings (SSSR count). The predicted octanol–water partition coefficient (Wildman–Crippen LogP) is 5.34. The molecule has 10 nitrogen and oxygen atoms in total. The number of carbonyl (C=O) groups excluding carboxylic acids is 1. The monoisotopic (exact) mass is 517 g/mol. The van der Waals surface area contributed by atoms with Gasteiger partial charge in [-0.25, -0.2) is 9.67 Å². The smallest absolute Gasteiger partial charge is 0.281 e. The van der Waals surface area contributed by atoms with Crippen LogP contribution in [0.3, 0.4) is 0 Å². The maximum Gasteiger partial charge on any atom is 0.281 e. The SMILES string of the molecule is CCOc1cn(-c2ccsc2)nc1C(=O)Nc1ccc(Oc2ccnc3cc(OC)c(OC)cc23)cn1. The quantitative estimate of drug-likeness (QED) is 0.279. The lowest BCUT2D eigenvalue weighted by molar-refractivity contribution is 0.101. The van der Waals surface area contributed by atoms with E-state index in [9.17, 15) is 4.79 Å². The zero-order chi connectivity index (χ0) is 25.8. The molecular formula is C26H23N5O5S. The van der Waals surface area contributed by atoms with Gasteiger partial charge >= 0.3 is 0 Å². The van der Waals surface area contributed by atoms with E-state index in [4.69, 9.17) is 18.9 Å². The number of hydrogen-bond donors (Lipinski definition) is 1. The van der Waals surface area contributed by atoms with Crippen LogP contribution in [0, 0.1) is 0 Å². The molecule has 1 N–H and O–H groups in total. The zero-order valence-corrected chi connectivity index (χ0v) is 21.1. The Labute approximate surface area is 216 Å². The molecule has 37 heavy (non-hydrogen) atoms.